The zero-order chi connectivity index (χ0) is 15.4. The minimum absolute atomic E-state index is 0.346. The zero-order valence-electron chi connectivity index (χ0n) is 12.3. The molecule has 0 amide bonds. The molecule has 0 radical (unpaired) electrons. The smallest absolute Gasteiger partial charge is 0.161 e. The highest BCUT2D eigenvalue weighted by Gasteiger charge is 2.13. The van der Waals surface area contributed by atoms with Crippen LogP contribution < -0.4 is 9.47 Å². The van der Waals surface area contributed by atoms with Gasteiger partial charge < -0.3 is 9.47 Å². The lowest BCUT2D eigenvalue weighted by atomic mass is 10.2. The maximum atomic E-state index is 6.20. The Morgan fingerprint density at radius 3 is 2.57 bits per heavy atom. The number of nitrogens with zero attached hydrogens (tertiary/aromatic N) is 2. The molecular weight excluding hydrogens is 311 g/mol. The van der Waals surface area contributed by atoms with Crippen LogP contribution in [0.2, 0.25) is 5.15 Å². The van der Waals surface area contributed by atoms with E-state index in [1.165, 1.54) is 0 Å². The molecule has 114 valence electrons. The second-order valence-corrected chi connectivity index (χ2v) is 5.24. The highest BCUT2D eigenvalue weighted by molar-refractivity contribution is 6.30. The van der Waals surface area contributed by atoms with Crippen molar-refractivity contribution in [1.29, 1.82) is 0 Å². The largest absolute Gasteiger partial charge is 0.490 e. The first-order valence-electron chi connectivity index (χ1n) is 6.69. The van der Waals surface area contributed by atoms with Crippen molar-refractivity contribution in [1.82, 2.24) is 9.78 Å². The van der Waals surface area contributed by atoms with Gasteiger partial charge in [0, 0.05) is 18.5 Å². The number of rotatable bonds is 6. The minimum Gasteiger partial charge on any atom is -0.490 e. The van der Waals surface area contributed by atoms with Crippen molar-refractivity contribution >= 4 is 23.2 Å². The van der Waals surface area contributed by atoms with Crippen molar-refractivity contribution in [3.05, 3.63) is 40.2 Å². The summed E-state index contributed by atoms with van der Waals surface area (Å²) >= 11 is 12.0. The van der Waals surface area contributed by atoms with E-state index < -0.39 is 0 Å². The highest BCUT2D eigenvalue weighted by Crippen LogP contribution is 2.31. The van der Waals surface area contributed by atoms with Crippen molar-refractivity contribution in [3.8, 4) is 11.5 Å². The topological polar surface area (TPSA) is 36.3 Å². The van der Waals surface area contributed by atoms with E-state index in [4.69, 9.17) is 32.7 Å². The quantitative estimate of drug-likeness (QED) is 0.749. The van der Waals surface area contributed by atoms with Gasteiger partial charge in [0.2, 0.25) is 0 Å². The van der Waals surface area contributed by atoms with E-state index in [-0.39, 0.29) is 0 Å². The summed E-state index contributed by atoms with van der Waals surface area (Å²) < 4.78 is 13.1. The summed E-state index contributed by atoms with van der Waals surface area (Å²) in [6.45, 7) is 4.75. The van der Waals surface area contributed by atoms with Crippen LogP contribution in [0, 0.1) is 6.92 Å². The maximum Gasteiger partial charge on any atom is 0.161 e. The molecule has 4 nitrogen and oxygen atoms in total. The average molecular weight is 329 g/mol. The molecule has 0 saturated carbocycles. The molecule has 1 aromatic heterocycles. The van der Waals surface area contributed by atoms with Crippen LogP contribution in [0.4, 0.5) is 0 Å². The second kappa shape index (κ2) is 7.05. The molecular formula is C15H18Cl2N2O2. The molecule has 1 heterocycles. The third-order valence-corrected chi connectivity index (χ3v) is 3.89. The van der Waals surface area contributed by atoms with Gasteiger partial charge in [-0.1, -0.05) is 17.7 Å². The van der Waals surface area contributed by atoms with E-state index in [2.05, 4.69) is 5.10 Å². The lowest BCUT2D eigenvalue weighted by Crippen LogP contribution is -2.01. The van der Waals surface area contributed by atoms with Crippen LogP contribution in [-0.4, -0.2) is 16.4 Å². The van der Waals surface area contributed by atoms with Gasteiger partial charge in [0.1, 0.15) is 11.8 Å². The summed E-state index contributed by atoms with van der Waals surface area (Å²) in [7, 11) is 1.81. The number of alkyl halides is 1. The molecule has 0 N–H and O–H groups in total. The van der Waals surface area contributed by atoms with Gasteiger partial charge in [-0.3, -0.25) is 4.68 Å². The lowest BCUT2D eigenvalue weighted by Gasteiger charge is -2.13. The van der Waals surface area contributed by atoms with Crippen LogP contribution in [0.1, 0.15) is 23.7 Å². The van der Waals surface area contributed by atoms with E-state index in [0.717, 1.165) is 16.8 Å². The van der Waals surface area contributed by atoms with Crippen LogP contribution in [0.25, 0.3) is 0 Å². The van der Waals surface area contributed by atoms with Crippen LogP contribution in [0.3, 0.4) is 0 Å². The van der Waals surface area contributed by atoms with E-state index in [9.17, 15) is 0 Å². The molecule has 2 aromatic rings. The van der Waals surface area contributed by atoms with Crippen molar-refractivity contribution in [3.63, 3.8) is 0 Å². The molecule has 0 atom stereocenters. The van der Waals surface area contributed by atoms with E-state index >= 15 is 0 Å². The predicted octanol–water partition coefficient (Wildman–Crippen LogP) is 4.10. The first-order valence-corrected chi connectivity index (χ1v) is 7.60. The molecule has 0 unspecified atom stereocenters. The summed E-state index contributed by atoms with van der Waals surface area (Å²) in [6.07, 6.45) is 0. The summed E-state index contributed by atoms with van der Waals surface area (Å²) in [5.41, 5.74) is 2.73. The molecule has 0 bridgehead atoms. The Labute approximate surface area is 134 Å². The molecule has 6 heteroatoms. The van der Waals surface area contributed by atoms with E-state index in [1.54, 1.807) is 11.7 Å². The lowest BCUT2D eigenvalue weighted by molar-refractivity contribution is 0.268. The SMILES string of the molecule is CCOc1cc(CCl)ccc1OCc1c(C)nn(C)c1Cl. The second-order valence-electron chi connectivity index (χ2n) is 4.61. The third kappa shape index (κ3) is 3.63. The number of benzene rings is 1. The Hall–Kier alpha value is -1.39. The van der Waals surface area contributed by atoms with Gasteiger partial charge in [-0.05, 0) is 31.5 Å². The Morgan fingerprint density at radius 1 is 1.24 bits per heavy atom. The molecule has 0 spiro atoms. The fourth-order valence-corrected chi connectivity index (χ4v) is 2.41. The molecule has 0 saturated heterocycles. The van der Waals surface area contributed by atoms with Gasteiger partial charge in [-0.2, -0.15) is 5.10 Å². The molecule has 0 aliphatic carbocycles. The number of hydrogen-bond donors (Lipinski definition) is 0. The van der Waals surface area contributed by atoms with Crippen LogP contribution >= 0.6 is 23.2 Å². The van der Waals surface area contributed by atoms with Gasteiger partial charge >= 0.3 is 0 Å². The Balaban J connectivity index is 2.19. The van der Waals surface area contributed by atoms with E-state index in [1.807, 2.05) is 32.0 Å². The first-order chi connectivity index (χ1) is 10.1. The molecule has 0 fully saturated rings. The van der Waals surface area contributed by atoms with Crippen LogP contribution in [-0.2, 0) is 19.5 Å². The maximum absolute atomic E-state index is 6.20. The van der Waals surface area contributed by atoms with Gasteiger partial charge in [0.05, 0.1) is 12.3 Å². The Bertz CT molecular complexity index is 626. The fraction of sp³-hybridized carbons (Fsp3) is 0.400. The van der Waals surface area contributed by atoms with Gasteiger partial charge in [0.15, 0.2) is 11.5 Å². The predicted molar refractivity (Wildman–Crippen MR) is 84.5 cm³/mol. The molecule has 21 heavy (non-hydrogen) atoms. The molecule has 2 rings (SSSR count). The van der Waals surface area contributed by atoms with Crippen molar-refractivity contribution in [2.75, 3.05) is 6.61 Å². The third-order valence-electron chi connectivity index (χ3n) is 3.10. The van der Waals surface area contributed by atoms with Gasteiger partial charge in [-0.15, -0.1) is 11.6 Å². The summed E-state index contributed by atoms with van der Waals surface area (Å²) in [5, 5.41) is 4.85. The molecule has 0 aliphatic heterocycles. The minimum atomic E-state index is 0.346. The normalized spacial score (nSPS) is 10.7. The van der Waals surface area contributed by atoms with Gasteiger partial charge in [0.25, 0.3) is 0 Å². The number of aryl methyl sites for hydroxylation is 2. The van der Waals surface area contributed by atoms with Crippen LogP contribution in [0.15, 0.2) is 18.2 Å². The molecule has 0 aliphatic rings. The Kier molecular flexibility index (Phi) is 5.37. The summed E-state index contributed by atoms with van der Waals surface area (Å²) in [6, 6.07) is 5.68. The first kappa shape index (κ1) is 16.0. The highest BCUT2D eigenvalue weighted by atomic mass is 35.5. The number of aromatic nitrogens is 2. The summed E-state index contributed by atoms with van der Waals surface area (Å²) in [5.74, 6) is 1.80. The number of hydrogen-bond acceptors (Lipinski definition) is 3. The van der Waals surface area contributed by atoms with E-state index in [0.29, 0.717) is 35.7 Å². The fourth-order valence-electron chi connectivity index (χ4n) is 2.01. The van der Waals surface area contributed by atoms with Crippen LogP contribution in [0.5, 0.6) is 11.5 Å². The van der Waals surface area contributed by atoms with Crippen molar-refractivity contribution in [2.24, 2.45) is 7.05 Å². The summed E-state index contributed by atoms with van der Waals surface area (Å²) in [4.78, 5) is 0. The van der Waals surface area contributed by atoms with Gasteiger partial charge in [-0.25, -0.2) is 0 Å². The van der Waals surface area contributed by atoms with Crippen molar-refractivity contribution in [2.45, 2.75) is 26.3 Å². The monoisotopic (exact) mass is 328 g/mol. The number of ether oxygens (including phenoxy) is 2. The zero-order valence-corrected chi connectivity index (χ0v) is 13.8. The molecule has 1 aromatic carbocycles. The number of halogens is 2. The Morgan fingerprint density at radius 2 is 2.00 bits per heavy atom. The average Bonchev–Trinajstić information content (AvgIpc) is 2.71. The standard InChI is InChI=1S/C15H18Cl2N2O2/c1-4-20-14-7-11(8-16)5-6-13(14)21-9-12-10(2)18-19(3)15(12)17/h5-7H,4,8-9H2,1-3H3. The van der Waals surface area contributed by atoms with Crippen molar-refractivity contribution < 1.29 is 9.47 Å².